The van der Waals surface area contributed by atoms with E-state index in [0.29, 0.717) is 5.92 Å². The molecule has 0 aromatic rings. The lowest BCUT2D eigenvalue weighted by molar-refractivity contribution is -0.148. The maximum absolute atomic E-state index is 11.3. The van der Waals surface area contributed by atoms with E-state index in [0.717, 1.165) is 0 Å². The van der Waals surface area contributed by atoms with E-state index in [-0.39, 0.29) is 17.9 Å². The van der Waals surface area contributed by atoms with Crippen LogP contribution >= 0.6 is 0 Å². The Kier molecular flexibility index (Phi) is 4.90. The third-order valence-electron chi connectivity index (χ3n) is 2.19. The van der Waals surface area contributed by atoms with Crippen LogP contribution in [-0.2, 0) is 9.53 Å². The molecule has 0 aromatic heterocycles. The molecule has 0 aromatic carbocycles. The van der Waals surface area contributed by atoms with E-state index < -0.39 is 0 Å². The number of nitrogens with one attached hydrogen (secondary N) is 1. The molecule has 0 aliphatic rings. The Morgan fingerprint density at radius 2 is 1.83 bits per heavy atom. The minimum Gasteiger partial charge on any atom is -0.469 e. The average molecular weight is 173 g/mol. The highest BCUT2D eigenvalue weighted by Crippen LogP contribution is 2.16. The van der Waals surface area contributed by atoms with Crippen molar-refractivity contribution in [3.8, 4) is 0 Å². The van der Waals surface area contributed by atoms with Gasteiger partial charge in [0.1, 0.15) is 0 Å². The highest BCUT2D eigenvalue weighted by Gasteiger charge is 2.27. The van der Waals surface area contributed by atoms with Gasteiger partial charge in [-0.1, -0.05) is 13.8 Å². The van der Waals surface area contributed by atoms with Gasteiger partial charge in [0.2, 0.25) is 0 Å². The van der Waals surface area contributed by atoms with Crippen molar-refractivity contribution in [3.63, 3.8) is 0 Å². The molecular weight excluding hydrogens is 154 g/mol. The number of methoxy groups -OCH3 is 1. The molecule has 3 nitrogen and oxygen atoms in total. The zero-order valence-electron chi connectivity index (χ0n) is 8.55. The molecule has 0 amide bonds. The molecule has 0 fully saturated rings. The van der Waals surface area contributed by atoms with Gasteiger partial charge in [0.25, 0.3) is 0 Å². The third kappa shape index (κ3) is 2.81. The summed E-state index contributed by atoms with van der Waals surface area (Å²) >= 11 is 0. The number of carbonyl (C=O) groups excluding carboxylic acids is 1. The lowest BCUT2D eigenvalue weighted by Crippen LogP contribution is -2.39. The molecular formula is C9H19NO2. The number of hydrogen-bond acceptors (Lipinski definition) is 3. The summed E-state index contributed by atoms with van der Waals surface area (Å²) in [5.41, 5.74) is 0. The molecule has 72 valence electrons. The average Bonchev–Trinajstić information content (AvgIpc) is 2.03. The number of hydrogen-bond donors (Lipinski definition) is 1. The van der Waals surface area contributed by atoms with Gasteiger partial charge in [0.15, 0.2) is 0 Å². The van der Waals surface area contributed by atoms with Gasteiger partial charge in [0.05, 0.1) is 13.0 Å². The monoisotopic (exact) mass is 173 g/mol. The highest BCUT2D eigenvalue weighted by atomic mass is 16.5. The van der Waals surface area contributed by atoms with E-state index in [9.17, 15) is 4.79 Å². The molecule has 12 heavy (non-hydrogen) atoms. The van der Waals surface area contributed by atoms with Crippen LogP contribution in [0, 0.1) is 11.8 Å². The highest BCUT2D eigenvalue weighted by molar-refractivity contribution is 5.73. The molecule has 0 spiro atoms. The van der Waals surface area contributed by atoms with E-state index in [1.165, 1.54) is 7.11 Å². The van der Waals surface area contributed by atoms with Gasteiger partial charge in [-0.05, 0) is 19.9 Å². The first kappa shape index (κ1) is 11.4. The molecule has 2 unspecified atom stereocenters. The smallest absolute Gasteiger partial charge is 0.310 e. The Bertz CT molecular complexity index is 145. The summed E-state index contributed by atoms with van der Waals surface area (Å²) in [6.07, 6.45) is 0. The molecule has 0 radical (unpaired) electrons. The second-order valence-corrected chi connectivity index (χ2v) is 3.37. The Balaban J connectivity index is 4.32. The van der Waals surface area contributed by atoms with Crippen molar-refractivity contribution >= 4 is 5.97 Å². The molecule has 1 N–H and O–H groups in total. The standard InChI is InChI=1S/C9H19NO2/c1-6(2)8(7(3)10-4)9(11)12-5/h6-8,10H,1-5H3. The molecule has 0 aliphatic heterocycles. The lowest BCUT2D eigenvalue weighted by Gasteiger charge is -2.24. The fraction of sp³-hybridized carbons (Fsp3) is 0.889. The van der Waals surface area contributed by atoms with Gasteiger partial charge in [-0.2, -0.15) is 0 Å². The summed E-state index contributed by atoms with van der Waals surface area (Å²) in [6, 6.07) is 0.164. The summed E-state index contributed by atoms with van der Waals surface area (Å²) in [5.74, 6) is 0.117. The van der Waals surface area contributed by atoms with Crippen LogP contribution in [0.3, 0.4) is 0 Å². The van der Waals surface area contributed by atoms with Gasteiger partial charge >= 0.3 is 5.97 Å². The summed E-state index contributed by atoms with van der Waals surface area (Å²) < 4.78 is 4.72. The maximum atomic E-state index is 11.3. The number of rotatable bonds is 4. The van der Waals surface area contributed by atoms with Gasteiger partial charge < -0.3 is 10.1 Å². The van der Waals surface area contributed by atoms with E-state index in [4.69, 9.17) is 4.74 Å². The van der Waals surface area contributed by atoms with E-state index in [2.05, 4.69) is 5.32 Å². The SMILES string of the molecule is CNC(C)C(C(=O)OC)C(C)C. The first-order valence-electron chi connectivity index (χ1n) is 4.29. The molecule has 0 bridgehead atoms. The van der Waals surface area contributed by atoms with Crippen LogP contribution in [0.2, 0.25) is 0 Å². The topological polar surface area (TPSA) is 38.3 Å². The van der Waals surface area contributed by atoms with Crippen LogP contribution < -0.4 is 5.32 Å². The number of ether oxygens (including phenoxy) is 1. The fourth-order valence-corrected chi connectivity index (χ4v) is 1.37. The minimum absolute atomic E-state index is 0.0556. The Morgan fingerprint density at radius 3 is 2.08 bits per heavy atom. The Hall–Kier alpha value is -0.570. The number of esters is 1. The fourth-order valence-electron chi connectivity index (χ4n) is 1.37. The minimum atomic E-state index is -0.133. The van der Waals surface area contributed by atoms with Gasteiger partial charge in [-0.15, -0.1) is 0 Å². The van der Waals surface area contributed by atoms with Crippen LogP contribution in [0.15, 0.2) is 0 Å². The van der Waals surface area contributed by atoms with Crippen molar-refractivity contribution in [1.29, 1.82) is 0 Å². The van der Waals surface area contributed by atoms with E-state index >= 15 is 0 Å². The van der Waals surface area contributed by atoms with Crippen molar-refractivity contribution in [1.82, 2.24) is 5.32 Å². The first-order valence-corrected chi connectivity index (χ1v) is 4.29. The van der Waals surface area contributed by atoms with Crippen molar-refractivity contribution in [3.05, 3.63) is 0 Å². The zero-order valence-corrected chi connectivity index (χ0v) is 8.55. The van der Waals surface area contributed by atoms with Gasteiger partial charge in [0, 0.05) is 6.04 Å². The Morgan fingerprint density at radius 1 is 1.33 bits per heavy atom. The molecule has 3 heteroatoms. The molecule has 0 aliphatic carbocycles. The van der Waals surface area contributed by atoms with Gasteiger partial charge in [-0.25, -0.2) is 0 Å². The molecule has 0 saturated heterocycles. The van der Waals surface area contributed by atoms with Crippen molar-refractivity contribution in [2.45, 2.75) is 26.8 Å². The maximum Gasteiger partial charge on any atom is 0.310 e. The first-order chi connectivity index (χ1) is 5.54. The quantitative estimate of drug-likeness (QED) is 0.645. The normalized spacial score (nSPS) is 15.8. The molecule has 0 rings (SSSR count). The van der Waals surface area contributed by atoms with Gasteiger partial charge in [-0.3, -0.25) is 4.79 Å². The third-order valence-corrected chi connectivity index (χ3v) is 2.19. The molecule has 2 atom stereocenters. The predicted octanol–water partition coefficient (Wildman–Crippen LogP) is 1.04. The second kappa shape index (κ2) is 5.14. The van der Waals surface area contributed by atoms with Crippen LogP contribution in [0.1, 0.15) is 20.8 Å². The largest absolute Gasteiger partial charge is 0.469 e. The van der Waals surface area contributed by atoms with Crippen LogP contribution in [0.5, 0.6) is 0 Å². The number of carbonyl (C=O) groups is 1. The van der Waals surface area contributed by atoms with Crippen molar-refractivity contribution in [2.75, 3.05) is 14.2 Å². The van der Waals surface area contributed by atoms with E-state index in [1.807, 2.05) is 27.8 Å². The van der Waals surface area contributed by atoms with Crippen molar-refractivity contribution in [2.24, 2.45) is 11.8 Å². The van der Waals surface area contributed by atoms with Crippen molar-refractivity contribution < 1.29 is 9.53 Å². The second-order valence-electron chi connectivity index (χ2n) is 3.37. The predicted molar refractivity (Wildman–Crippen MR) is 48.9 cm³/mol. The molecule has 0 heterocycles. The zero-order chi connectivity index (χ0) is 9.72. The van der Waals surface area contributed by atoms with Crippen LogP contribution in [-0.4, -0.2) is 26.2 Å². The summed E-state index contributed by atoms with van der Waals surface area (Å²) in [4.78, 5) is 11.3. The van der Waals surface area contributed by atoms with E-state index in [1.54, 1.807) is 0 Å². The lowest BCUT2D eigenvalue weighted by atomic mass is 9.89. The summed E-state index contributed by atoms with van der Waals surface area (Å²) in [7, 11) is 3.28. The van der Waals surface area contributed by atoms with Crippen LogP contribution in [0.25, 0.3) is 0 Å². The van der Waals surface area contributed by atoms with Crippen LogP contribution in [0.4, 0.5) is 0 Å². The molecule has 0 saturated carbocycles. The Labute approximate surface area is 74.5 Å². The summed E-state index contributed by atoms with van der Waals surface area (Å²) in [6.45, 7) is 6.03. The summed E-state index contributed by atoms with van der Waals surface area (Å²) in [5, 5.41) is 3.06.